The number of hydrogen-bond acceptors (Lipinski definition) is 7. The Bertz CT molecular complexity index is 1810. The highest BCUT2D eigenvalue weighted by molar-refractivity contribution is 5.84. The van der Waals surface area contributed by atoms with Crippen LogP contribution in [0.25, 0.3) is 11.1 Å². The third-order valence-electron chi connectivity index (χ3n) is 10.8. The average molecular weight is 732 g/mol. The van der Waals surface area contributed by atoms with Gasteiger partial charge in [0.1, 0.15) is 6.04 Å². The van der Waals surface area contributed by atoms with Gasteiger partial charge in [-0.15, -0.1) is 6.58 Å². The summed E-state index contributed by atoms with van der Waals surface area (Å²) in [7, 11) is 1.32. The highest BCUT2D eigenvalue weighted by Gasteiger charge is 2.40. The number of carbonyl (C=O) groups excluding carboxylic acids is 2. The van der Waals surface area contributed by atoms with E-state index in [0.29, 0.717) is 12.5 Å². The Morgan fingerprint density at radius 3 is 2.28 bits per heavy atom. The number of esters is 1. The first-order chi connectivity index (χ1) is 26.4. The lowest BCUT2D eigenvalue weighted by atomic mass is 9.89. The average Bonchev–Trinajstić information content (AvgIpc) is 3.76. The lowest BCUT2D eigenvalue weighted by molar-refractivity contribution is -0.276. The van der Waals surface area contributed by atoms with Crippen LogP contribution in [0, 0.1) is 5.92 Å². The Morgan fingerprint density at radius 1 is 0.907 bits per heavy atom. The zero-order valence-electron chi connectivity index (χ0n) is 31.4. The summed E-state index contributed by atoms with van der Waals surface area (Å²) in [5.41, 5.74) is 6.67. The number of amides is 2. The zero-order valence-corrected chi connectivity index (χ0v) is 31.4. The van der Waals surface area contributed by atoms with Crippen molar-refractivity contribution in [2.45, 2.75) is 82.8 Å². The van der Waals surface area contributed by atoms with Crippen LogP contribution >= 0.6 is 0 Å². The molecule has 1 heterocycles. The van der Waals surface area contributed by atoms with Crippen LogP contribution in [-0.2, 0) is 38.6 Å². The standard InChI is InChI=1S/C45H53N3O6/c1-4-26-48(38-15-9-10-16-38)29-41-31(2)42(35-20-18-33(30-49)19-21-35)54-44(53-41)36-24-22-34(23-25-36)39-17-11-8-14-37(39)28-46-45(51)47-40(43(50)52-3)27-32-12-6-5-7-13-32/h4-8,11-14,17-25,31,38,40-42,44,49H,1,9-10,15-16,26-30H2,2-3H3,(H2,46,47,51). The number of urea groups is 1. The number of rotatable bonds is 15. The highest BCUT2D eigenvalue weighted by atomic mass is 16.7. The zero-order chi connectivity index (χ0) is 37.9. The Kier molecular flexibility index (Phi) is 13.7. The topological polar surface area (TPSA) is 109 Å². The smallest absolute Gasteiger partial charge is 0.328 e. The number of benzene rings is 4. The van der Waals surface area contributed by atoms with Gasteiger partial charge < -0.3 is 30.0 Å². The SMILES string of the molecule is C=CCN(CC1OC(c2ccc(-c3ccccc3CNC(=O)NC(Cc3ccccc3)C(=O)OC)cc2)OC(c2ccc(CO)cc2)C1C)C1CCCC1. The summed E-state index contributed by atoms with van der Waals surface area (Å²) in [6.07, 6.45) is 6.39. The Balaban J connectivity index is 1.17. The third-order valence-corrected chi connectivity index (χ3v) is 10.8. The lowest BCUT2D eigenvalue weighted by Gasteiger charge is -2.43. The van der Waals surface area contributed by atoms with Gasteiger partial charge in [0, 0.05) is 43.6 Å². The molecule has 5 unspecified atom stereocenters. The molecule has 0 radical (unpaired) electrons. The molecule has 0 spiro atoms. The molecule has 4 aromatic carbocycles. The van der Waals surface area contributed by atoms with Crippen molar-refractivity contribution in [2.75, 3.05) is 20.2 Å². The van der Waals surface area contributed by atoms with Crippen molar-refractivity contribution in [2.24, 2.45) is 5.92 Å². The molecule has 54 heavy (non-hydrogen) atoms. The fourth-order valence-corrected chi connectivity index (χ4v) is 7.71. The van der Waals surface area contributed by atoms with E-state index in [2.05, 4.69) is 65.4 Å². The van der Waals surface area contributed by atoms with Crippen molar-refractivity contribution in [3.8, 4) is 11.1 Å². The third kappa shape index (κ3) is 9.84. The Hall–Kier alpha value is -4.80. The summed E-state index contributed by atoms with van der Waals surface area (Å²) in [5, 5.41) is 15.4. The van der Waals surface area contributed by atoms with E-state index < -0.39 is 24.3 Å². The van der Waals surface area contributed by atoms with Gasteiger partial charge in [-0.1, -0.05) is 129 Å². The normalized spacial score (nSPS) is 20.7. The minimum Gasteiger partial charge on any atom is -0.467 e. The summed E-state index contributed by atoms with van der Waals surface area (Å²) in [6, 6.07) is 33.0. The van der Waals surface area contributed by atoms with Crippen LogP contribution in [0.4, 0.5) is 4.79 Å². The van der Waals surface area contributed by atoms with Crippen LogP contribution in [-0.4, -0.2) is 60.4 Å². The molecule has 1 aliphatic heterocycles. The lowest BCUT2D eigenvalue weighted by Crippen LogP contribution is -2.47. The molecule has 1 saturated heterocycles. The van der Waals surface area contributed by atoms with E-state index in [1.807, 2.05) is 72.8 Å². The number of nitrogens with one attached hydrogen (secondary N) is 2. The minimum absolute atomic E-state index is 0.00300. The van der Waals surface area contributed by atoms with Gasteiger partial charge in [-0.2, -0.15) is 0 Å². The van der Waals surface area contributed by atoms with E-state index in [1.54, 1.807) is 0 Å². The van der Waals surface area contributed by atoms with Crippen molar-refractivity contribution in [3.05, 3.63) is 144 Å². The second-order valence-electron chi connectivity index (χ2n) is 14.4. The summed E-state index contributed by atoms with van der Waals surface area (Å²) in [4.78, 5) is 28.0. The molecule has 6 rings (SSSR count). The quantitative estimate of drug-likeness (QED) is 0.0852. The summed E-state index contributed by atoms with van der Waals surface area (Å²) in [5.74, 6) is -0.415. The van der Waals surface area contributed by atoms with Crippen molar-refractivity contribution < 1.29 is 28.9 Å². The number of aliphatic hydroxyl groups is 1. The molecule has 5 atom stereocenters. The van der Waals surface area contributed by atoms with E-state index >= 15 is 0 Å². The number of hydrogen-bond donors (Lipinski definition) is 3. The predicted molar refractivity (Wildman–Crippen MR) is 210 cm³/mol. The molecule has 9 nitrogen and oxygen atoms in total. The van der Waals surface area contributed by atoms with E-state index in [-0.39, 0.29) is 31.3 Å². The number of nitrogens with zero attached hydrogens (tertiary/aromatic N) is 1. The van der Waals surface area contributed by atoms with Crippen molar-refractivity contribution in [1.82, 2.24) is 15.5 Å². The molecule has 2 amide bonds. The first-order valence-corrected chi connectivity index (χ1v) is 19.1. The molecule has 0 bridgehead atoms. The highest BCUT2D eigenvalue weighted by Crippen LogP contribution is 2.42. The van der Waals surface area contributed by atoms with Crippen molar-refractivity contribution in [1.29, 1.82) is 0 Å². The van der Waals surface area contributed by atoms with Gasteiger partial charge in [-0.3, -0.25) is 4.90 Å². The number of ether oxygens (including phenoxy) is 3. The van der Waals surface area contributed by atoms with Crippen LogP contribution < -0.4 is 10.6 Å². The van der Waals surface area contributed by atoms with Gasteiger partial charge in [0.2, 0.25) is 0 Å². The van der Waals surface area contributed by atoms with E-state index in [9.17, 15) is 14.7 Å². The molecule has 4 aromatic rings. The first-order valence-electron chi connectivity index (χ1n) is 19.1. The van der Waals surface area contributed by atoms with Gasteiger partial charge in [0.25, 0.3) is 0 Å². The monoisotopic (exact) mass is 731 g/mol. The van der Waals surface area contributed by atoms with E-state index in [4.69, 9.17) is 14.2 Å². The largest absolute Gasteiger partial charge is 0.467 e. The van der Waals surface area contributed by atoms with Crippen LogP contribution in [0.1, 0.15) is 72.8 Å². The molecule has 9 heteroatoms. The molecule has 1 saturated carbocycles. The summed E-state index contributed by atoms with van der Waals surface area (Å²) >= 11 is 0. The second kappa shape index (κ2) is 19.0. The predicted octanol–water partition coefficient (Wildman–Crippen LogP) is 7.65. The van der Waals surface area contributed by atoms with Crippen LogP contribution in [0.5, 0.6) is 0 Å². The Morgan fingerprint density at radius 2 is 1.59 bits per heavy atom. The van der Waals surface area contributed by atoms with Crippen LogP contribution in [0.15, 0.2) is 116 Å². The first kappa shape index (κ1) is 38.9. The summed E-state index contributed by atoms with van der Waals surface area (Å²) < 4.78 is 18.5. The van der Waals surface area contributed by atoms with Gasteiger partial charge in [-0.05, 0) is 46.2 Å². The van der Waals surface area contributed by atoms with Gasteiger partial charge in [-0.25, -0.2) is 9.59 Å². The number of carbonyl (C=O) groups is 2. The molecular formula is C45H53N3O6. The van der Waals surface area contributed by atoms with Gasteiger partial charge in [0.15, 0.2) is 6.29 Å². The van der Waals surface area contributed by atoms with E-state index in [1.165, 1.54) is 32.8 Å². The van der Waals surface area contributed by atoms with Crippen LogP contribution in [0.3, 0.4) is 0 Å². The molecule has 2 aliphatic rings. The maximum absolute atomic E-state index is 13.0. The molecule has 2 fully saturated rings. The van der Waals surface area contributed by atoms with Crippen molar-refractivity contribution in [3.63, 3.8) is 0 Å². The molecule has 1 aliphatic carbocycles. The molecule has 0 aromatic heterocycles. The second-order valence-corrected chi connectivity index (χ2v) is 14.4. The number of aliphatic hydroxyl groups excluding tert-OH is 1. The molecule has 3 N–H and O–H groups in total. The fraction of sp³-hybridized carbons (Fsp3) is 0.378. The minimum atomic E-state index is -0.820. The van der Waals surface area contributed by atoms with Crippen LogP contribution in [0.2, 0.25) is 0 Å². The van der Waals surface area contributed by atoms with E-state index in [0.717, 1.165) is 52.0 Å². The summed E-state index contributed by atoms with van der Waals surface area (Å²) in [6.45, 7) is 8.13. The molecular weight excluding hydrogens is 679 g/mol. The van der Waals surface area contributed by atoms with Crippen molar-refractivity contribution >= 4 is 12.0 Å². The Labute approximate surface area is 319 Å². The molecule has 284 valence electrons. The maximum atomic E-state index is 13.0. The fourth-order valence-electron chi connectivity index (χ4n) is 7.71. The number of methoxy groups -OCH3 is 1. The van der Waals surface area contributed by atoms with Gasteiger partial charge >= 0.3 is 12.0 Å². The van der Waals surface area contributed by atoms with Gasteiger partial charge in [0.05, 0.1) is 25.9 Å². The maximum Gasteiger partial charge on any atom is 0.328 e.